The molecule has 12 heteroatoms. The van der Waals surface area contributed by atoms with Gasteiger partial charge in [0, 0.05) is 25.4 Å². The summed E-state index contributed by atoms with van der Waals surface area (Å²) in [6.45, 7) is 1.38. The lowest BCUT2D eigenvalue weighted by Crippen LogP contribution is -2.33. The van der Waals surface area contributed by atoms with Crippen LogP contribution in [0.4, 0.5) is 26.3 Å². The molecule has 1 heterocycles. The van der Waals surface area contributed by atoms with Crippen molar-refractivity contribution in [3.05, 3.63) is 87.3 Å². The number of aryl methyl sites for hydroxylation is 1. The molecule has 2 aromatic carbocycles. The summed E-state index contributed by atoms with van der Waals surface area (Å²) in [5.41, 5.74) is -1.52. The first-order valence-electron chi connectivity index (χ1n) is 9.63. The van der Waals surface area contributed by atoms with E-state index in [1.54, 1.807) is 0 Å². The summed E-state index contributed by atoms with van der Waals surface area (Å²) in [5.74, 6) is -1.25. The van der Waals surface area contributed by atoms with Gasteiger partial charge in [-0.15, -0.1) is 13.2 Å². The zero-order chi connectivity index (χ0) is 25.3. The minimum Gasteiger partial charge on any atom is -0.406 e. The first kappa shape index (κ1) is 24.8. The Hall–Kier alpha value is -3.83. The molecule has 0 aliphatic carbocycles. The van der Waals surface area contributed by atoms with Crippen molar-refractivity contribution in [1.29, 1.82) is 0 Å². The first-order chi connectivity index (χ1) is 15.7. The van der Waals surface area contributed by atoms with Gasteiger partial charge in [0.05, 0.1) is 11.3 Å². The van der Waals surface area contributed by atoms with Crippen LogP contribution >= 0.6 is 0 Å². The normalized spacial score (nSPS) is 11.9. The van der Waals surface area contributed by atoms with E-state index < -0.39 is 40.9 Å². The predicted octanol–water partition coefficient (Wildman–Crippen LogP) is 4.73. The summed E-state index contributed by atoms with van der Waals surface area (Å²) >= 11 is 0. The summed E-state index contributed by atoms with van der Waals surface area (Å²) in [5, 5.41) is 3.98. The molecule has 0 aliphatic rings. The van der Waals surface area contributed by atoms with Crippen LogP contribution in [0.1, 0.15) is 27.3 Å². The van der Waals surface area contributed by atoms with Crippen molar-refractivity contribution >= 4 is 5.91 Å². The molecule has 0 N–H and O–H groups in total. The zero-order valence-corrected chi connectivity index (χ0v) is 17.7. The number of carbonyl (C=O) groups is 1. The van der Waals surface area contributed by atoms with E-state index in [4.69, 9.17) is 0 Å². The Morgan fingerprint density at radius 3 is 2.26 bits per heavy atom. The van der Waals surface area contributed by atoms with Gasteiger partial charge < -0.3 is 9.64 Å². The van der Waals surface area contributed by atoms with Crippen LogP contribution in [0.25, 0.3) is 5.69 Å². The summed E-state index contributed by atoms with van der Waals surface area (Å²) in [6.07, 6.45) is -9.44. The fraction of sp³-hybridized carbons (Fsp3) is 0.227. The standard InChI is InChI=1S/C22H17F6N3O3/c1-13-10-18(32)19(29-31(13)16-5-3-4-15(11-16)21(23,24)25)20(33)30(2)12-14-6-8-17(9-7-14)34-22(26,27)28/h3-11H,12H2,1-2H3. The van der Waals surface area contributed by atoms with Crippen molar-refractivity contribution in [1.82, 2.24) is 14.7 Å². The molecule has 0 fully saturated rings. The number of aromatic nitrogens is 2. The Morgan fingerprint density at radius 2 is 1.68 bits per heavy atom. The van der Waals surface area contributed by atoms with Crippen LogP contribution in [-0.2, 0) is 12.7 Å². The fourth-order valence-electron chi connectivity index (χ4n) is 3.09. The SMILES string of the molecule is Cc1cc(=O)c(C(=O)N(C)Cc2ccc(OC(F)(F)F)cc2)nn1-c1cccc(C(F)(F)F)c1. The Kier molecular flexibility index (Phi) is 6.71. The number of halogens is 6. The number of benzene rings is 2. The number of amides is 1. The molecule has 1 aromatic heterocycles. The summed E-state index contributed by atoms with van der Waals surface area (Å²) in [6, 6.07) is 10.1. The van der Waals surface area contributed by atoms with Gasteiger partial charge in [-0.2, -0.15) is 18.3 Å². The number of carbonyl (C=O) groups excluding carboxylic acids is 1. The lowest BCUT2D eigenvalue weighted by Gasteiger charge is -2.18. The Balaban J connectivity index is 1.86. The lowest BCUT2D eigenvalue weighted by molar-refractivity contribution is -0.274. The van der Waals surface area contributed by atoms with Gasteiger partial charge >= 0.3 is 12.5 Å². The highest BCUT2D eigenvalue weighted by Crippen LogP contribution is 2.30. The van der Waals surface area contributed by atoms with Crippen molar-refractivity contribution < 1.29 is 35.9 Å². The van der Waals surface area contributed by atoms with E-state index in [0.717, 1.165) is 39.9 Å². The lowest BCUT2D eigenvalue weighted by atomic mass is 10.2. The van der Waals surface area contributed by atoms with Gasteiger partial charge in [0.2, 0.25) is 5.43 Å². The molecular formula is C22H17F6N3O3. The molecular weight excluding hydrogens is 468 g/mol. The summed E-state index contributed by atoms with van der Waals surface area (Å²) in [4.78, 5) is 26.3. The minimum absolute atomic E-state index is 0.00396. The topological polar surface area (TPSA) is 64.4 Å². The maximum atomic E-state index is 13.1. The molecule has 0 saturated heterocycles. The quantitative estimate of drug-likeness (QED) is 0.491. The fourth-order valence-corrected chi connectivity index (χ4v) is 3.09. The molecule has 0 radical (unpaired) electrons. The van der Waals surface area contributed by atoms with E-state index in [1.165, 1.54) is 38.2 Å². The van der Waals surface area contributed by atoms with Gasteiger partial charge in [-0.1, -0.05) is 18.2 Å². The van der Waals surface area contributed by atoms with E-state index in [0.29, 0.717) is 5.56 Å². The van der Waals surface area contributed by atoms with Crippen molar-refractivity contribution in [3.63, 3.8) is 0 Å². The zero-order valence-electron chi connectivity index (χ0n) is 17.7. The van der Waals surface area contributed by atoms with Gasteiger partial charge in [0.1, 0.15) is 5.75 Å². The third-order valence-electron chi connectivity index (χ3n) is 4.65. The van der Waals surface area contributed by atoms with Crippen LogP contribution in [0.5, 0.6) is 5.75 Å². The van der Waals surface area contributed by atoms with Crippen LogP contribution in [0, 0.1) is 6.92 Å². The Bertz CT molecular complexity index is 1250. The van der Waals surface area contributed by atoms with Crippen LogP contribution in [0.3, 0.4) is 0 Å². The van der Waals surface area contributed by atoms with E-state index in [2.05, 4.69) is 9.84 Å². The average Bonchev–Trinajstić information content (AvgIpc) is 2.73. The van der Waals surface area contributed by atoms with Crippen molar-refractivity contribution in [3.8, 4) is 11.4 Å². The second kappa shape index (κ2) is 9.20. The summed E-state index contributed by atoms with van der Waals surface area (Å²) < 4.78 is 80.9. The second-order valence-electron chi connectivity index (χ2n) is 7.31. The van der Waals surface area contributed by atoms with E-state index in [9.17, 15) is 35.9 Å². The Labute approximate surface area is 189 Å². The second-order valence-corrected chi connectivity index (χ2v) is 7.31. The van der Waals surface area contributed by atoms with Gasteiger partial charge in [-0.05, 0) is 42.8 Å². The van der Waals surface area contributed by atoms with Gasteiger partial charge in [-0.3, -0.25) is 9.59 Å². The largest absolute Gasteiger partial charge is 0.573 e. The van der Waals surface area contributed by atoms with Crippen LogP contribution in [0.15, 0.2) is 59.4 Å². The van der Waals surface area contributed by atoms with Crippen molar-refractivity contribution in [2.24, 2.45) is 0 Å². The molecule has 34 heavy (non-hydrogen) atoms. The highest BCUT2D eigenvalue weighted by Gasteiger charge is 2.31. The molecule has 180 valence electrons. The van der Waals surface area contributed by atoms with Crippen LogP contribution in [0.2, 0.25) is 0 Å². The number of nitrogens with zero attached hydrogens (tertiary/aromatic N) is 3. The minimum atomic E-state index is -4.84. The molecule has 0 atom stereocenters. The maximum absolute atomic E-state index is 13.1. The number of rotatable bonds is 5. The molecule has 0 unspecified atom stereocenters. The Morgan fingerprint density at radius 1 is 1.03 bits per heavy atom. The molecule has 0 spiro atoms. The van der Waals surface area contributed by atoms with E-state index in [-0.39, 0.29) is 17.9 Å². The van der Waals surface area contributed by atoms with Gasteiger partial charge in [0.15, 0.2) is 5.69 Å². The molecule has 3 rings (SSSR count). The van der Waals surface area contributed by atoms with Gasteiger partial charge in [-0.25, -0.2) is 4.68 Å². The van der Waals surface area contributed by atoms with Crippen LogP contribution < -0.4 is 10.2 Å². The van der Waals surface area contributed by atoms with Gasteiger partial charge in [0.25, 0.3) is 5.91 Å². The predicted molar refractivity (Wildman–Crippen MR) is 108 cm³/mol. The smallest absolute Gasteiger partial charge is 0.406 e. The highest BCUT2D eigenvalue weighted by atomic mass is 19.4. The molecule has 0 aliphatic heterocycles. The molecule has 0 saturated carbocycles. The highest BCUT2D eigenvalue weighted by molar-refractivity contribution is 5.91. The van der Waals surface area contributed by atoms with Crippen molar-refractivity contribution in [2.75, 3.05) is 7.05 Å². The molecule has 1 amide bonds. The summed E-state index contributed by atoms with van der Waals surface area (Å²) in [7, 11) is 1.35. The molecule has 0 bridgehead atoms. The molecule has 3 aromatic rings. The monoisotopic (exact) mass is 485 g/mol. The van der Waals surface area contributed by atoms with Crippen molar-refractivity contribution in [2.45, 2.75) is 26.0 Å². The van der Waals surface area contributed by atoms with E-state index >= 15 is 0 Å². The third-order valence-corrected chi connectivity index (χ3v) is 4.65. The number of ether oxygens (including phenoxy) is 1. The number of hydrogen-bond donors (Lipinski definition) is 0. The maximum Gasteiger partial charge on any atom is 0.573 e. The van der Waals surface area contributed by atoms with E-state index in [1.807, 2.05) is 0 Å². The van der Waals surface area contributed by atoms with Crippen LogP contribution in [-0.4, -0.2) is 34.0 Å². The first-order valence-corrected chi connectivity index (χ1v) is 9.63. The third kappa shape index (κ3) is 5.94. The number of hydrogen-bond acceptors (Lipinski definition) is 4. The molecule has 6 nitrogen and oxygen atoms in total. The number of alkyl halides is 6. The average molecular weight is 485 g/mol.